The van der Waals surface area contributed by atoms with Crippen molar-refractivity contribution in [2.24, 2.45) is 5.41 Å². The SMILES string of the molecule is Cc1ccc(CC[C@@](C)(CO)C(=O)O)cc1/C=C/c1cccc(-c2ccc3c(c2F)OCCO3)c1C. The fraction of sp³-hybridized carbons (Fsp3) is 0.300. The van der Waals surface area contributed by atoms with Gasteiger partial charge in [0, 0.05) is 5.56 Å². The first-order valence-corrected chi connectivity index (χ1v) is 12.0. The molecular weight excluding hydrogens is 459 g/mol. The average molecular weight is 491 g/mol. The summed E-state index contributed by atoms with van der Waals surface area (Å²) in [6.45, 7) is 5.88. The van der Waals surface area contributed by atoms with Gasteiger partial charge in [-0.25, -0.2) is 4.39 Å². The fourth-order valence-corrected chi connectivity index (χ4v) is 4.29. The minimum Gasteiger partial charge on any atom is -0.486 e. The highest BCUT2D eigenvalue weighted by atomic mass is 19.1. The Bertz CT molecular complexity index is 1310. The molecule has 0 radical (unpaired) electrons. The van der Waals surface area contributed by atoms with Crippen LogP contribution in [0.5, 0.6) is 11.5 Å². The Morgan fingerprint density at radius 2 is 1.78 bits per heavy atom. The maximum Gasteiger partial charge on any atom is 0.311 e. The topological polar surface area (TPSA) is 76.0 Å². The van der Waals surface area contributed by atoms with Crippen LogP contribution in [0.15, 0.2) is 48.5 Å². The molecule has 4 rings (SSSR count). The number of fused-ring (bicyclic) bond motifs is 1. The molecule has 0 fully saturated rings. The second-order valence-corrected chi connectivity index (χ2v) is 9.52. The normalized spacial score (nSPS) is 14.6. The van der Waals surface area contributed by atoms with Crippen molar-refractivity contribution in [2.75, 3.05) is 19.8 Å². The van der Waals surface area contributed by atoms with Crippen LogP contribution in [0.25, 0.3) is 23.3 Å². The highest BCUT2D eigenvalue weighted by molar-refractivity contribution is 5.79. The lowest BCUT2D eigenvalue weighted by molar-refractivity contribution is -0.150. The number of carbonyl (C=O) groups is 1. The zero-order chi connectivity index (χ0) is 25.9. The highest BCUT2D eigenvalue weighted by Gasteiger charge is 2.31. The van der Waals surface area contributed by atoms with E-state index in [0.717, 1.165) is 33.4 Å². The molecule has 1 aliphatic heterocycles. The van der Waals surface area contributed by atoms with E-state index in [2.05, 4.69) is 0 Å². The van der Waals surface area contributed by atoms with Crippen molar-refractivity contribution in [3.05, 3.63) is 82.2 Å². The van der Waals surface area contributed by atoms with Gasteiger partial charge < -0.3 is 19.7 Å². The summed E-state index contributed by atoms with van der Waals surface area (Å²) in [5.41, 5.74) is 5.11. The number of aryl methyl sites for hydroxylation is 2. The Labute approximate surface area is 210 Å². The maximum atomic E-state index is 15.3. The molecule has 0 spiro atoms. The van der Waals surface area contributed by atoms with Gasteiger partial charge in [-0.05, 0) is 79.1 Å². The largest absolute Gasteiger partial charge is 0.486 e. The van der Waals surface area contributed by atoms with Gasteiger partial charge in [0.05, 0.1) is 12.0 Å². The summed E-state index contributed by atoms with van der Waals surface area (Å²) in [4.78, 5) is 11.5. The highest BCUT2D eigenvalue weighted by Crippen LogP contribution is 2.40. The number of aliphatic hydroxyl groups excluding tert-OH is 1. The quantitative estimate of drug-likeness (QED) is 0.375. The lowest BCUT2D eigenvalue weighted by Gasteiger charge is -2.22. The predicted octanol–water partition coefficient (Wildman–Crippen LogP) is 6.07. The lowest BCUT2D eigenvalue weighted by Crippen LogP contribution is -2.32. The Morgan fingerprint density at radius 3 is 2.53 bits per heavy atom. The lowest BCUT2D eigenvalue weighted by atomic mass is 9.84. The van der Waals surface area contributed by atoms with Crippen LogP contribution in [0.1, 0.15) is 41.2 Å². The molecule has 1 heterocycles. The van der Waals surface area contributed by atoms with Crippen molar-refractivity contribution in [1.29, 1.82) is 0 Å². The molecule has 3 aromatic carbocycles. The smallest absolute Gasteiger partial charge is 0.311 e. The van der Waals surface area contributed by atoms with Gasteiger partial charge in [0.2, 0.25) is 0 Å². The van der Waals surface area contributed by atoms with Crippen molar-refractivity contribution in [3.63, 3.8) is 0 Å². The summed E-state index contributed by atoms with van der Waals surface area (Å²) in [7, 11) is 0. The molecule has 1 aliphatic rings. The molecule has 6 heteroatoms. The van der Waals surface area contributed by atoms with E-state index in [1.165, 1.54) is 0 Å². The Hall–Kier alpha value is -3.64. The van der Waals surface area contributed by atoms with Crippen molar-refractivity contribution in [3.8, 4) is 22.6 Å². The molecule has 0 unspecified atom stereocenters. The van der Waals surface area contributed by atoms with Gasteiger partial charge in [-0.15, -0.1) is 0 Å². The summed E-state index contributed by atoms with van der Waals surface area (Å²) >= 11 is 0. The summed E-state index contributed by atoms with van der Waals surface area (Å²) < 4.78 is 26.3. The molecule has 0 saturated carbocycles. The van der Waals surface area contributed by atoms with E-state index in [4.69, 9.17) is 9.47 Å². The molecule has 0 amide bonds. The number of halogens is 1. The third-order valence-corrected chi connectivity index (χ3v) is 6.93. The molecule has 36 heavy (non-hydrogen) atoms. The van der Waals surface area contributed by atoms with Gasteiger partial charge in [-0.2, -0.15) is 0 Å². The van der Waals surface area contributed by atoms with Crippen molar-refractivity contribution in [2.45, 2.75) is 33.6 Å². The predicted molar refractivity (Wildman–Crippen MR) is 139 cm³/mol. The maximum absolute atomic E-state index is 15.3. The van der Waals surface area contributed by atoms with Crippen LogP contribution in [-0.2, 0) is 11.2 Å². The standard InChI is InChI=1S/C30H31FO5/c1-19-7-8-21(13-14-30(3,18-32)29(33)34)17-23(19)10-9-22-5-4-6-24(20(22)2)25-11-12-26-28(27(25)31)36-16-15-35-26/h4-12,17,32H,13-16,18H2,1-3H3,(H,33,34)/b10-9+/t30-/m0/s1. The van der Waals surface area contributed by atoms with Crippen LogP contribution in [0.2, 0.25) is 0 Å². The van der Waals surface area contributed by atoms with Crippen LogP contribution in [0, 0.1) is 25.1 Å². The van der Waals surface area contributed by atoms with Crippen LogP contribution >= 0.6 is 0 Å². The van der Waals surface area contributed by atoms with Gasteiger partial charge in [0.25, 0.3) is 0 Å². The van der Waals surface area contributed by atoms with Gasteiger partial charge >= 0.3 is 5.97 Å². The van der Waals surface area contributed by atoms with E-state index in [1.807, 2.05) is 62.4 Å². The summed E-state index contributed by atoms with van der Waals surface area (Å²) in [6, 6.07) is 15.3. The van der Waals surface area contributed by atoms with Crippen molar-refractivity contribution < 1.29 is 28.9 Å². The number of hydrogen-bond acceptors (Lipinski definition) is 4. The number of ether oxygens (including phenoxy) is 2. The van der Waals surface area contributed by atoms with E-state index in [-0.39, 0.29) is 5.75 Å². The first-order valence-electron chi connectivity index (χ1n) is 12.0. The Kier molecular flexibility index (Phi) is 7.45. The number of aliphatic carboxylic acids is 1. The van der Waals surface area contributed by atoms with E-state index >= 15 is 4.39 Å². The van der Waals surface area contributed by atoms with Gasteiger partial charge in [0.15, 0.2) is 17.3 Å². The molecule has 0 saturated heterocycles. The zero-order valence-electron chi connectivity index (χ0n) is 20.8. The minimum atomic E-state index is -1.17. The minimum absolute atomic E-state index is 0.159. The number of carboxylic acid groups (broad SMARTS) is 1. The number of aliphatic hydroxyl groups is 1. The number of hydrogen-bond donors (Lipinski definition) is 2. The van der Waals surface area contributed by atoms with E-state index in [0.29, 0.717) is 37.4 Å². The summed E-state index contributed by atoms with van der Waals surface area (Å²) in [5.74, 6) is -0.834. The second-order valence-electron chi connectivity index (χ2n) is 9.52. The molecule has 2 N–H and O–H groups in total. The molecule has 188 valence electrons. The molecule has 3 aromatic rings. The summed E-state index contributed by atoms with van der Waals surface area (Å²) in [5, 5.41) is 18.9. The third kappa shape index (κ3) is 5.14. The van der Waals surface area contributed by atoms with E-state index < -0.39 is 23.8 Å². The molecule has 5 nitrogen and oxygen atoms in total. The number of rotatable bonds is 8. The van der Waals surface area contributed by atoms with Gasteiger partial charge in [-0.1, -0.05) is 48.6 Å². The van der Waals surface area contributed by atoms with Crippen LogP contribution in [-0.4, -0.2) is 36.0 Å². The van der Waals surface area contributed by atoms with E-state index in [1.54, 1.807) is 19.1 Å². The van der Waals surface area contributed by atoms with Crippen LogP contribution in [0.4, 0.5) is 4.39 Å². The van der Waals surface area contributed by atoms with Crippen molar-refractivity contribution >= 4 is 18.1 Å². The molecule has 0 aliphatic carbocycles. The van der Waals surface area contributed by atoms with Gasteiger partial charge in [-0.3, -0.25) is 4.79 Å². The number of carboxylic acids is 1. The van der Waals surface area contributed by atoms with Crippen molar-refractivity contribution in [1.82, 2.24) is 0 Å². The molecular formula is C30H31FO5. The molecule has 1 atom stereocenters. The Balaban J connectivity index is 1.60. The first-order chi connectivity index (χ1) is 17.2. The number of benzene rings is 3. The van der Waals surface area contributed by atoms with Gasteiger partial charge in [0.1, 0.15) is 13.2 Å². The Morgan fingerprint density at radius 1 is 1.03 bits per heavy atom. The fourth-order valence-electron chi connectivity index (χ4n) is 4.29. The second kappa shape index (κ2) is 10.5. The average Bonchev–Trinajstić information content (AvgIpc) is 2.88. The first kappa shape index (κ1) is 25.5. The third-order valence-electron chi connectivity index (χ3n) is 6.93. The summed E-state index contributed by atoms with van der Waals surface area (Å²) in [6.07, 6.45) is 4.92. The molecule has 0 aromatic heterocycles. The van der Waals surface area contributed by atoms with E-state index in [9.17, 15) is 15.0 Å². The zero-order valence-corrected chi connectivity index (χ0v) is 20.8. The monoisotopic (exact) mass is 490 g/mol. The molecule has 0 bridgehead atoms. The van der Waals surface area contributed by atoms with Crippen LogP contribution in [0.3, 0.4) is 0 Å². The van der Waals surface area contributed by atoms with Crippen LogP contribution < -0.4 is 9.47 Å².